The zero-order chi connectivity index (χ0) is 10.0. The van der Waals surface area contributed by atoms with E-state index >= 15 is 0 Å². The van der Waals surface area contributed by atoms with E-state index in [2.05, 4.69) is 0 Å². The lowest BCUT2D eigenvalue weighted by atomic mass is 10.2. The molecule has 0 spiro atoms. The van der Waals surface area contributed by atoms with Crippen LogP contribution in [0, 0.1) is 19.5 Å². The van der Waals surface area contributed by atoms with Crippen molar-refractivity contribution in [2.45, 2.75) is 6.54 Å². The molecule has 0 saturated carbocycles. The Hall–Kier alpha value is -0.760. The van der Waals surface area contributed by atoms with Crippen LogP contribution in [0.3, 0.4) is 0 Å². The van der Waals surface area contributed by atoms with Gasteiger partial charge in [-0.05, 0) is 28.7 Å². The maximum Gasteiger partial charge on any atom is 0.276 e. The molecule has 0 radical (unpaired) electrons. The van der Waals surface area contributed by atoms with Crippen molar-refractivity contribution in [3.8, 4) is 0 Å². The van der Waals surface area contributed by atoms with Crippen LogP contribution in [0.1, 0.15) is 5.56 Å². The van der Waals surface area contributed by atoms with Crippen molar-refractivity contribution in [1.82, 2.24) is 0 Å². The largest absolute Gasteiger partial charge is 0.326 e. The third-order valence-corrected chi connectivity index (χ3v) is 2.36. The van der Waals surface area contributed by atoms with E-state index < -0.39 is 10.7 Å². The summed E-state index contributed by atoms with van der Waals surface area (Å²) in [6.45, 7) is 0.0343. The standard InChI is InChI=1S/C7H6FIN2O2/c8-5-2-7(11(12)13)4(3-10)1-6(5)9/h1-2H,3,10H2. The summed E-state index contributed by atoms with van der Waals surface area (Å²) in [7, 11) is 0. The maximum atomic E-state index is 12.9. The molecule has 0 fully saturated rings. The molecule has 4 nitrogen and oxygen atoms in total. The second-order valence-corrected chi connectivity index (χ2v) is 3.52. The molecule has 0 unspecified atom stereocenters. The summed E-state index contributed by atoms with van der Waals surface area (Å²) in [5.41, 5.74) is 5.36. The number of rotatable bonds is 2. The average molecular weight is 296 g/mol. The zero-order valence-corrected chi connectivity index (χ0v) is 8.62. The quantitative estimate of drug-likeness (QED) is 0.514. The van der Waals surface area contributed by atoms with Gasteiger partial charge in [-0.15, -0.1) is 0 Å². The molecule has 1 rings (SSSR count). The van der Waals surface area contributed by atoms with Crippen LogP contribution in [-0.4, -0.2) is 4.92 Å². The smallest absolute Gasteiger partial charge is 0.276 e. The second kappa shape index (κ2) is 3.97. The summed E-state index contributed by atoms with van der Waals surface area (Å²) < 4.78 is 13.2. The number of nitrogens with two attached hydrogens (primary N) is 1. The van der Waals surface area contributed by atoms with Gasteiger partial charge >= 0.3 is 0 Å². The molecule has 6 heteroatoms. The number of hydrogen-bond donors (Lipinski definition) is 1. The number of hydrogen-bond acceptors (Lipinski definition) is 3. The minimum absolute atomic E-state index is 0.0343. The fourth-order valence-electron chi connectivity index (χ4n) is 0.911. The van der Waals surface area contributed by atoms with Gasteiger partial charge in [0.2, 0.25) is 0 Å². The summed E-state index contributed by atoms with van der Waals surface area (Å²) in [5.74, 6) is -0.593. The second-order valence-electron chi connectivity index (χ2n) is 2.36. The van der Waals surface area contributed by atoms with Crippen LogP contribution >= 0.6 is 22.6 Å². The van der Waals surface area contributed by atoms with Crippen molar-refractivity contribution in [2.24, 2.45) is 5.73 Å². The molecule has 0 aliphatic heterocycles. The fourth-order valence-corrected chi connectivity index (χ4v) is 1.44. The van der Waals surface area contributed by atoms with Gasteiger partial charge in [0.1, 0.15) is 5.82 Å². The Morgan fingerprint density at radius 3 is 2.69 bits per heavy atom. The van der Waals surface area contributed by atoms with Crippen molar-refractivity contribution in [1.29, 1.82) is 0 Å². The first-order valence-electron chi connectivity index (χ1n) is 3.38. The molecule has 2 N–H and O–H groups in total. The summed E-state index contributed by atoms with van der Waals surface area (Å²) in [5, 5.41) is 10.4. The monoisotopic (exact) mass is 296 g/mol. The Balaban J connectivity index is 3.33. The minimum Gasteiger partial charge on any atom is -0.326 e. The zero-order valence-electron chi connectivity index (χ0n) is 6.46. The number of benzene rings is 1. The van der Waals surface area contributed by atoms with Gasteiger partial charge in [0.25, 0.3) is 5.69 Å². The van der Waals surface area contributed by atoms with E-state index in [4.69, 9.17) is 5.73 Å². The van der Waals surface area contributed by atoms with Gasteiger partial charge in [0.05, 0.1) is 11.0 Å². The van der Waals surface area contributed by atoms with E-state index in [0.29, 0.717) is 9.13 Å². The predicted octanol–water partition coefficient (Wildman–Crippen LogP) is 1.80. The lowest BCUT2D eigenvalue weighted by Gasteiger charge is -2.01. The Morgan fingerprint density at radius 1 is 1.62 bits per heavy atom. The molecule has 13 heavy (non-hydrogen) atoms. The lowest BCUT2D eigenvalue weighted by molar-refractivity contribution is -0.385. The first-order chi connectivity index (χ1) is 6.06. The topological polar surface area (TPSA) is 69.2 Å². The molecular formula is C7H6FIN2O2. The molecular weight excluding hydrogens is 290 g/mol. The van der Waals surface area contributed by atoms with Crippen LogP contribution in [0.5, 0.6) is 0 Å². The van der Waals surface area contributed by atoms with Crippen LogP contribution in [0.15, 0.2) is 12.1 Å². The highest BCUT2D eigenvalue weighted by Crippen LogP contribution is 2.23. The number of nitro benzene ring substituents is 1. The van der Waals surface area contributed by atoms with E-state index in [1.807, 2.05) is 0 Å². The SMILES string of the molecule is NCc1cc(I)c(F)cc1[N+](=O)[O-]. The molecule has 1 aromatic carbocycles. The molecule has 0 saturated heterocycles. The third-order valence-electron chi connectivity index (χ3n) is 1.54. The number of nitro groups is 1. The van der Waals surface area contributed by atoms with Crippen molar-refractivity contribution in [3.05, 3.63) is 37.2 Å². The van der Waals surface area contributed by atoms with Crippen LogP contribution in [0.2, 0.25) is 0 Å². The van der Waals surface area contributed by atoms with Crippen molar-refractivity contribution in [3.63, 3.8) is 0 Å². The van der Waals surface area contributed by atoms with Crippen molar-refractivity contribution >= 4 is 28.3 Å². The lowest BCUT2D eigenvalue weighted by Crippen LogP contribution is -2.03. The molecule has 0 heterocycles. The molecule has 0 atom stereocenters. The first kappa shape index (κ1) is 10.3. The Bertz CT molecular complexity index is 357. The summed E-state index contributed by atoms with van der Waals surface area (Å²) in [6.07, 6.45) is 0. The van der Waals surface area contributed by atoms with Crippen molar-refractivity contribution in [2.75, 3.05) is 0 Å². The van der Waals surface area contributed by atoms with E-state index in [1.165, 1.54) is 6.07 Å². The van der Waals surface area contributed by atoms with E-state index in [-0.39, 0.29) is 12.2 Å². The van der Waals surface area contributed by atoms with E-state index in [0.717, 1.165) is 6.07 Å². The molecule has 0 aliphatic rings. The Kier molecular flexibility index (Phi) is 3.15. The van der Waals surface area contributed by atoms with Crippen LogP contribution < -0.4 is 5.73 Å². The Morgan fingerprint density at radius 2 is 2.23 bits per heavy atom. The summed E-state index contributed by atoms with van der Waals surface area (Å²) >= 11 is 1.76. The number of halogens is 2. The fraction of sp³-hybridized carbons (Fsp3) is 0.143. The molecule has 0 aliphatic carbocycles. The highest BCUT2D eigenvalue weighted by molar-refractivity contribution is 14.1. The van der Waals surface area contributed by atoms with Crippen LogP contribution in [-0.2, 0) is 6.54 Å². The molecule has 0 aromatic heterocycles. The molecule has 1 aromatic rings. The van der Waals surface area contributed by atoms with Gasteiger partial charge in [-0.25, -0.2) is 4.39 Å². The Labute approximate surface area is 87.2 Å². The van der Waals surface area contributed by atoms with Gasteiger partial charge in [0, 0.05) is 15.7 Å². The molecule has 0 bridgehead atoms. The first-order valence-corrected chi connectivity index (χ1v) is 4.46. The summed E-state index contributed by atoms with van der Waals surface area (Å²) in [6, 6.07) is 2.28. The minimum atomic E-state index is -0.638. The van der Waals surface area contributed by atoms with E-state index in [1.54, 1.807) is 22.6 Å². The highest BCUT2D eigenvalue weighted by Gasteiger charge is 2.15. The van der Waals surface area contributed by atoms with Gasteiger partial charge in [-0.3, -0.25) is 10.1 Å². The maximum absolute atomic E-state index is 12.9. The predicted molar refractivity (Wildman–Crippen MR) is 53.7 cm³/mol. The van der Waals surface area contributed by atoms with Gasteiger partial charge < -0.3 is 5.73 Å². The van der Waals surface area contributed by atoms with Gasteiger partial charge in [-0.2, -0.15) is 0 Å². The highest BCUT2D eigenvalue weighted by atomic mass is 127. The normalized spacial score (nSPS) is 10.1. The molecule has 70 valence electrons. The average Bonchev–Trinajstić information content (AvgIpc) is 2.08. The van der Waals surface area contributed by atoms with Crippen LogP contribution in [0.4, 0.5) is 10.1 Å². The van der Waals surface area contributed by atoms with E-state index in [9.17, 15) is 14.5 Å². The number of nitrogens with zero attached hydrogens (tertiary/aromatic N) is 1. The van der Waals surface area contributed by atoms with Crippen molar-refractivity contribution < 1.29 is 9.31 Å². The summed E-state index contributed by atoms with van der Waals surface area (Å²) in [4.78, 5) is 9.79. The third kappa shape index (κ3) is 2.13. The molecule has 0 amide bonds. The van der Waals surface area contributed by atoms with Gasteiger partial charge in [0.15, 0.2) is 0 Å². The van der Waals surface area contributed by atoms with Gasteiger partial charge in [-0.1, -0.05) is 0 Å². The van der Waals surface area contributed by atoms with Crippen LogP contribution in [0.25, 0.3) is 0 Å².